The van der Waals surface area contributed by atoms with Gasteiger partial charge < -0.3 is 10.0 Å². The van der Waals surface area contributed by atoms with Crippen LogP contribution in [0.25, 0.3) is 0 Å². The van der Waals surface area contributed by atoms with Crippen molar-refractivity contribution in [1.82, 2.24) is 4.90 Å². The minimum absolute atomic E-state index is 0.126. The van der Waals surface area contributed by atoms with Gasteiger partial charge in [-0.15, -0.1) is 0 Å². The molecule has 1 N–H and O–H groups in total. The molecule has 1 aliphatic heterocycles. The Hall–Kier alpha value is -1.55. The zero-order chi connectivity index (χ0) is 15.0. The van der Waals surface area contributed by atoms with Crippen LogP contribution in [0.3, 0.4) is 0 Å². The molecule has 1 saturated heterocycles. The number of amides is 2. The second-order valence-corrected chi connectivity index (χ2v) is 6.31. The highest BCUT2D eigenvalue weighted by Crippen LogP contribution is 2.38. The fourth-order valence-corrected chi connectivity index (χ4v) is 3.17. The SMILES string of the molecule is CCCN1C(=O)N(c2ccccc2)[C@](C)(O)CC1(C)C. The molecule has 0 bridgehead atoms. The van der Waals surface area contributed by atoms with E-state index >= 15 is 0 Å². The zero-order valence-corrected chi connectivity index (χ0v) is 12.8. The molecule has 1 aliphatic rings. The van der Waals surface area contributed by atoms with Gasteiger partial charge in [0.05, 0.1) is 0 Å². The van der Waals surface area contributed by atoms with E-state index in [1.54, 1.807) is 6.92 Å². The topological polar surface area (TPSA) is 43.8 Å². The van der Waals surface area contributed by atoms with Gasteiger partial charge >= 0.3 is 6.03 Å². The van der Waals surface area contributed by atoms with Crippen molar-refractivity contribution >= 4 is 11.7 Å². The molecular formula is C16H24N2O2. The number of hydrogen-bond acceptors (Lipinski definition) is 2. The lowest BCUT2D eigenvalue weighted by Gasteiger charge is -2.53. The molecule has 1 heterocycles. The third kappa shape index (κ3) is 2.52. The molecule has 20 heavy (non-hydrogen) atoms. The third-order valence-corrected chi connectivity index (χ3v) is 3.86. The van der Waals surface area contributed by atoms with Crippen LogP contribution in [0.5, 0.6) is 0 Å². The van der Waals surface area contributed by atoms with Crippen molar-refractivity contribution in [2.24, 2.45) is 0 Å². The number of nitrogens with zero attached hydrogens (tertiary/aromatic N) is 2. The number of anilines is 1. The lowest BCUT2D eigenvalue weighted by atomic mass is 9.87. The average molecular weight is 276 g/mol. The summed E-state index contributed by atoms with van der Waals surface area (Å²) in [5, 5.41) is 10.8. The zero-order valence-electron chi connectivity index (χ0n) is 12.8. The van der Waals surface area contributed by atoms with Gasteiger partial charge in [0.25, 0.3) is 0 Å². The summed E-state index contributed by atoms with van der Waals surface area (Å²) in [5.74, 6) is 0. The van der Waals surface area contributed by atoms with Crippen LogP contribution < -0.4 is 4.90 Å². The molecule has 0 aromatic heterocycles. The maximum Gasteiger partial charge on any atom is 0.327 e. The molecule has 4 nitrogen and oxygen atoms in total. The van der Waals surface area contributed by atoms with Gasteiger partial charge in [-0.3, -0.25) is 4.90 Å². The molecule has 0 spiro atoms. The molecule has 1 aromatic rings. The lowest BCUT2D eigenvalue weighted by Crippen LogP contribution is -2.68. The van der Waals surface area contributed by atoms with E-state index in [-0.39, 0.29) is 11.6 Å². The highest BCUT2D eigenvalue weighted by molar-refractivity contribution is 5.94. The van der Waals surface area contributed by atoms with Gasteiger partial charge in [-0.05, 0) is 39.3 Å². The normalized spacial score (nSPS) is 25.9. The van der Waals surface area contributed by atoms with Gasteiger partial charge in [-0.1, -0.05) is 25.1 Å². The maximum absolute atomic E-state index is 12.8. The number of para-hydroxylation sites is 1. The number of carbonyl (C=O) groups excluding carboxylic acids is 1. The minimum Gasteiger partial charge on any atom is -0.371 e. The molecule has 0 saturated carbocycles. The first-order chi connectivity index (χ1) is 9.29. The fourth-order valence-electron chi connectivity index (χ4n) is 3.17. The molecule has 0 aliphatic carbocycles. The Kier molecular flexibility index (Phi) is 3.78. The van der Waals surface area contributed by atoms with Crippen molar-refractivity contribution in [3.8, 4) is 0 Å². The monoisotopic (exact) mass is 276 g/mol. The van der Waals surface area contributed by atoms with Crippen molar-refractivity contribution in [2.45, 2.75) is 51.8 Å². The molecule has 4 heteroatoms. The van der Waals surface area contributed by atoms with Crippen molar-refractivity contribution in [2.75, 3.05) is 11.4 Å². The Morgan fingerprint density at radius 2 is 1.80 bits per heavy atom. The summed E-state index contributed by atoms with van der Waals surface area (Å²) >= 11 is 0. The molecule has 1 atom stereocenters. The van der Waals surface area contributed by atoms with E-state index in [9.17, 15) is 9.90 Å². The van der Waals surface area contributed by atoms with Crippen LogP contribution in [0, 0.1) is 0 Å². The smallest absolute Gasteiger partial charge is 0.327 e. The molecule has 2 rings (SSSR count). The second-order valence-electron chi connectivity index (χ2n) is 6.31. The van der Waals surface area contributed by atoms with Crippen molar-refractivity contribution in [3.63, 3.8) is 0 Å². The van der Waals surface area contributed by atoms with E-state index in [1.165, 1.54) is 4.90 Å². The van der Waals surface area contributed by atoms with Crippen LogP contribution in [-0.4, -0.2) is 33.8 Å². The molecule has 2 amide bonds. The van der Waals surface area contributed by atoms with Gasteiger partial charge in [0.1, 0.15) is 5.72 Å². The number of urea groups is 1. The Balaban J connectivity index is 2.43. The van der Waals surface area contributed by atoms with Gasteiger partial charge in [-0.25, -0.2) is 4.79 Å². The lowest BCUT2D eigenvalue weighted by molar-refractivity contribution is -0.0252. The minimum atomic E-state index is -1.17. The van der Waals surface area contributed by atoms with Gasteiger partial charge in [0.15, 0.2) is 0 Å². The summed E-state index contributed by atoms with van der Waals surface area (Å²) < 4.78 is 0. The van der Waals surface area contributed by atoms with Gasteiger partial charge in [-0.2, -0.15) is 0 Å². The van der Waals surface area contributed by atoms with E-state index in [1.807, 2.05) is 49.1 Å². The molecular weight excluding hydrogens is 252 g/mol. The number of carbonyl (C=O) groups is 1. The maximum atomic E-state index is 12.8. The summed E-state index contributed by atoms with van der Waals surface area (Å²) in [7, 11) is 0. The van der Waals surface area contributed by atoms with Crippen molar-refractivity contribution in [3.05, 3.63) is 30.3 Å². The van der Waals surface area contributed by atoms with Crippen LogP contribution >= 0.6 is 0 Å². The molecule has 0 radical (unpaired) electrons. The Morgan fingerprint density at radius 1 is 1.20 bits per heavy atom. The summed E-state index contributed by atoms with van der Waals surface area (Å²) in [6.45, 7) is 8.49. The standard InChI is InChI=1S/C16H24N2O2/c1-5-11-17-14(19)18(13-9-7-6-8-10-13)16(4,20)12-15(17,2)3/h6-10,20H,5,11-12H2,1-4H3/t16-/m1/s1. The highest BCUT2D eigenvalue weighted by atomic mass is 16.3. The number of benzene rings is 1. The predicted molar refractivity (Wildman–Crippen MR) is 80.6 cm³/mol. The number of hydrogen-bond donors (Lipinski definition) is 1. The summed E-state index contributed by atoms with van der Waals surface area (Å²) in [6.07, 6.45) is 1.42. The first kappa shape index (κ1) is 14.9. The van der Waals surface area contributed by atoms with E-state index in [4.69, 9.17) is 0 Å². The Labute approximate surface area is 121 Å². The summed E-state index contributed by atoms with van der Waals surface area (Å²) in [5.41, 5.74) is -0.785. The fraction of sp³-hybridized carbons (Fsp3) is 0.562. The van der Waals surface area contributed by atoms with E-state index < -0.39 is 5.72 Å². The van der Waals surface area contributed by atoms with E-state index in [0.717, 1.165) is 12.1 Å². The second kappa shape index (κ2) is 5.09. The summed E-state index contributed by atoms with van der Waals surface area (Å²) in [4.78, 5) is 16.2. The molecule has 0 unspecified atom stereocenters. The van der Waals surface area contributed by atoms with Crippen molar-refractivity contribution in [1.29, 1.82) is 0 Å². The third-order valence-electron chi connectivity index (χ3n) is 3.86. The Morgan fingerprint density at radius 3 is 2.35 bits per heavy atom. The first-order valence-electron chi connectivity index (χ1n) is 7.19. The van der Waals surface area contributed by atoms with Crippen LogP contribution in [0.2, 0.25) is 0 Å². The van der Waals surface area contributed by atoms with Crippen LogP contribution in [0.15, 0.2) is 30.3 Å². The molecule has 1 aromatic carbocycles. The molecule has 110 valence electrons. The van der Waals surface area contributed by atoms with Crippen LogP contribution in [-0.2, 0) is 0 Å². The predicted octanol–water partition coefficient (Wildman–Crippen LogP) is 3.22. The average Bonchev–Trinajstić information content (AvgIpc) is 2.34. The molecule has 1 fully saturated rings. The van der Waals surface area contributed by atoms with Crippen molar-refractivity contribution < 1.29 is 9.90 Å². The van der Waals surface area contributed by atoms with Gasteiger partial charge in [0, 0.05) is 24.2 Å². The number of aliphatic hydroxyl groups is 1. The summed E-state index contributed by atoms with van der Waals surface area (Å²) in [6, 6.07) is 9.24. The van der Waals surface area contributed by atoms with Gasteiger partial charge in [0.2, 0.25) is 0 Å². The van der Waals surface area contributed by atoms with E-state index in [0.29, 0.717) is 13.0 Å². The van der Waals surface area contributed by atoms with E-state index in [2.05, 4.69) is 6.92 Å². The quantitative estimate of drug-likeness (QED) is 0.921. The first-order valence-corrected chi connectivity index (χ1v) is 7.19. The number of rotatable bonds is 3. The largest absolute Gasteiger partial charge is 0.371 e. The van der Waals surface area contributed by atoms with Crippen LogP contribution in [0.4, 0.5) is 10.5 Å². The Bertz CT molecular complexity index is 483. The van der Waals surface area contributed by atoms with Crippen LogP contribution in [0.1, 0.15) is 40.5 Å². The highest BCUT2D eigenvalue weighted by Gasteiger charge is 2.49.